The topological polar surface area (TPSA) is 3.24 Å². The predicted octanol–water partition coefficient (Wildman–Crippen LogP) is 2.51. The molecule has 0 atom stereocenters. The Bertz CT molecular complexity index is 137. The fraction of sp³-hybridized carbons (Fsp3) is 0.800. The Balaban J connectivity index is 2.13. The minimum absolute atomic E-state index is 0.643. The number of likely N-dealkylation sites (tertiary alicyclic amines) is 1. The molecule has 1 aliphatic heterocycles. The van der Waals surface area contributed by atoms with Gasteiger partial charge in [0.2, 0.25) is 0 Å². The van der Waals surface area contributed by atoms with E-state index in [4.69, 9.17) is 11.6 Å². The zero-order chi connectivity index (χ0) is 8.81. The summed E-state index contributed by atoms with van der Waals surface area (Å²) in [7, 11) is 0. The maximum absolute atomic E-state index is 5.54. The Hall–Kier alpha value is -0.0100. The lowest BCUT2D eigenvalue weighted by molar-refractivity contribution is 0.210. The van der Waals surface area contributed by atoms with Crippen LogP contribution in [0.15, 0.2) is 12.2 Å². The van der Waals surface area contributed by atoms with E-state index >= 15 is 0 Å². The summed E-state index contributed by atoms with van der Waals surface area (Å²) in [5.74, 6) is 1.57. The molecule has 0 saturated carbocycles. The molecule has 0 aliphatic carbocycles. The molecule has 2 heteroatoms. The second-order valence-electron chi connectivity index (χ2n) is 3.61. The maximum atomic E-state index is 5.54. The van der Waals surface area contributed by atoms with Gasteiger partial charge < -0.3 is 0 Å². The van der Waals surface area contributed by atoms with Crippen molar-refractivity contribution in [3.05, 3.63) is 12.2 Å². The van der Waals surface area contributed by atoms with E-state index in [1.165, 1.54) is 25.9 Å². The van der Waals surface area contributed by atoms with Crippen molar-refractivity contribution in [2.24, 2.45) is 5.92 Å². The summed E-state index contributed by atoms with van der Waals surface area (Å²) in [4.78, 5) is 2.49. The average Bonchev–Trinajstić information content (AvgIpc) is 2.09. The van der Waals surface area contributed by atoms with Gasteiger partial charge in [-0.25, -0.2) is 0 Å². The highest BCUT2D eigenvalue weighted by atomic mass is 35.5. The van der Waals surface area contributed by atoms with E-state index < -0.39 is 0 Å². The van der Waals surface area contributed by atoms with Crippen molar-refractivity contribution in [3.63, 3.8) is 0 Å². The largest absolute Gasteiger partial charge is 0.300 e. The fourth-order valence-corrected chi connectivity index (χ4v) is 1.66. The highest BCUT2D eigenvalue weighted by Crippen LogP contribution is 2.15. The Kier molecular flexibility index (Phi) is 4.70. The van der Waals surface area contributed by atoms with Crippen molar-refractivity contribution in [3.8, 4) is 0 Å². The molecular weight excluding hydrogens is 170 g/mol. The first-order chi connectivity index (χ1) is 5.83. The molecule has 0 radical (unpaired) electrons. The third-order valence-electron chi connectivity index (χ3n) is 2.50. The van der Waals surface area contributed by atoms with Gasteiger partial charge >= 0.3 is 0 Å². The van der Waals surface area contributed by atoms with Gasteiger partial charge in [-0.05, 0) is 31.8 Å². The average molecular weight is 188 g/mol. The van der Waals surface area contributed by atoms with Gasteiger partial charge in [-0.2, -0.15) is 0 Å². The van der Waals surface area contributed by atoms with Crippen LogP contribution in [0.2, 0.25) is 0 Å². The van der Waals surface area contributed by atoms with Crippen molar-refractivity contribution in [1.82, 2.24) is 4.90 Å². The summed E-state index contributed by atoms with van der Waals surface area (Å²) < 4.78 is 0. The van der Waals surface area contributed by atoms with Crippen LogP contribution in [0.3, 0.4) is 0 Å². The predicted molar refractivity (Wildman–Crippen MR) is 54.7 cm³/mol. The molecule has 1 nitrogen and oxygen atoms in total. The van der Waals surface area contributed by atoms with Crippen LogP contribution < -0.4 is 0 Å². The number of halogens is 1. The summed E-state index contributed by atoms with van der Waals surface area (Å²) in [5.41, 5.74) is 0. The van der Waals surface area contributed by atoms with Gasteiger partial charge in [0.1, 0.15) is 0 Å². The molecule has 0 N–H and O–H groups in total. The van der Waals surface area contributed by atoms with Crippen LogP contribution in [-0.4, -0.2) is 30.4 Å². The molecule has 0 aromatic heterocycles. The molecule has 0 unspecified atom stereocenters. The van der Waals surface area contributed by atoms with Crippen molar-refractivity contribution in [2.75, 3.05) is 25.5 Å². The van der Waals surface area contributed by atoms with E-state index in [1.54, 1.807) is 0 Å². The minimum Gasteiger partial charge on any atom is -0.300 e. The van der Waals surface area contributed by atoms with Crippen LogP contribution in [0.25, 0.3) is 0 Å². The third-order valence-corrected chi connectivity index (χ3v) is 2.67. The van der Waals surface area contributed by atoms with Gasteiger partial charge in [-0.3, -0.25) is 4.90 Å². The Morgan fingerprint density at radius 2 is 2.00 bits per heavy atom. The first-order valence-electron chi connectivity index (χ1n) is 4.76. The molecule has 1 rings (SSSR count). The second-order valence-corrected chi connectivity index (χ2v) is 3.92. The molecule has 1 fully saturated rings. The summed E-state index contributed by atoms with van der Waals surface area (Å²) >= 11 is 5.54. The quantitative estimate of drug-likeness (QED) is 0.485. The summed E-state index contributed by atoms with van der Waals surface area (Å²) in [6.45, 7) is 5.94. The van der Waals surface area contributed by atoms with Crippen LogP contribution in [0, 0.1) is 5.92 Å². The number of nitrogens with zero attached hydrogens (tertiary/aromatic N) is 1. The van der Waals surface area contributed by atoms with Gasteiger partial charge in [0.25, 0.3) is 0 Å². The van der Waals surface area contributed by atoms with Gasteiger partial charge in [0.15, 0.2) is 0 Å². The molecular formula is C10H18ClN. The normalized spacial score (nSPS) is 22.2. The SMILES string of the molecule is CC1CCN(C/C=C/CCl)CC1. The van der Waals surface area contributed by atoms with Gasteiger partial charge in [0.05, 0.1) is 0 Å². The highest BCUT2D eigenvalue weighted by Gasteiger charge is 2.13. The van der Waals surface area contributed by atoms with Crippen LogP contribution >= 0.6 is 11.6 Å². The first-order valence-corrected chi connectivity index (χ1v) is 5.29. The maximum Gasteiger partial charge on any atom is 0.0404 e. The van der Waals surface area contributed by atoms with E-state index in [2.05, 4.69) is 17.9 Å². The third kappa shape index (κ3) is 3.59. The van der Waals surface area contributed by atoms with E-state index in [0.717, 1.165) is 12.5 Å². The molecule has 70 valence electrons. The van der Waals surface area contributed by atoms with Crippen LogP contribution in [0.1, 0.15) is 19.8 Å². The van der Waals surface area contributed by atoms with Gasteiger partial charge in [-0.15, -0.1) is 11.6 Å². The molecule has 0 aromatic rings. The molecule has 12 heavy (non-hydrogen) atoms. The lowest BCUT2D eigenvalue weighted by Gasteiger charge is -2.29. The van der Waals surface area contributed by atoms with Crippen molar-refractivity contribution >= 4 is 11.6 Å². The zero-order valence-electron chi connectivity index (χ0n) is 7.80. The number of allylic oxidation sites excluding steroid dienone is 1. The van der Waals surface area contributed by atoms with Crippen LogP contribution in [0.4, 0.5) is 0 Å². The van der Waals surface area contributed by atoms with Crippen molar-refractivity contribution in [1.29, 1.82) is 0 Å². The van der Waals surface area contributed by atoms with Crippen LogP contribution in [0.5, 0.6) is 0 Å². The summed E-state index contributed by atoms with van der Waals surface area (Å²) in [6, 6.07) is 0. The zero-order valence-corrected chi connectivity index (χ0v) is 8.56. The second kappa shape index (κ2) is 5.60. The number of hydrogen-bond donors (Lipinski definition) is 0. The summed E-state index contributed by atoms with van der Waals surface area (Å²) in [5, 5.41) is 0. The number of rotatable bonds is 3. The highest BCUT2D eigenvalue weighted by molar-refractivity contribution is 6.18. The van der Waals surface area contributed by atoms with E-state index in [-0.39, 0.29) is 0 Å². The Morgan fingerprint density at radius 1 is 1.33 bits per heavy atom. The molecule has 0 bridgehead atoms. The molecule has 0 spiro atoms. The lowest BCUT2D eigenvalue weighted by Crippen LogP contribution is -2.32. The van der Waals surface area contributed by atoms with Gasteiger partial charge in [0, 0.05) is 12.4 Å². The number of alkyl halides is 1. The Morgan fingerprint density at radius 3 is 2.58 bits per heavy atom. The van der Waals surface area contributed by atoms with E-state index in [9.17, 15) is 0 Å². The number of piperidine rings is 1. The fourth-order valence-electron chi connectivity index (χ4n) is 1.53. The molecule has 0 amide bonds. The number of hydrogen-bond acceptors (Lipinski definition) is 1. The monoisotopic (exact) mass is 187 g/mol. The van der Waals surface area contributed by atoms with E-state index in [0.29, 0.717) is 5.88 Å². The smallest absolute Gasteiger partial charge is 0.0404 e. The van der Waals surface area contributed by atoms with Crippen molar-refractivity contribution < 1.29 is 0 Å². The van der Waals surface area contributed by atoms with Gasteiger partial charge in [-0.1, -0.05) is 19.1 Å². The summed E-state index contributed by atoms with van der Waals surface area (Å²) in [6.07, 6.45) is 6.91. The minimum atomic E-state index is 0.643. The van der Waals surface area contributed by atoms with Crippen molar-refractivity contribution in [2.45, 2.75) is 19.8 Å². The standard InChI is InChI=1S/C10H18ClN/c1-10-4-8-12(9-5-10)7-3-2-6-11/h2-3,10H,4-9H2,1H3/b3-2+. The van der Waals surface area contributed by atoms with E-state index in [1.807, 2.05) is 6.08 Å². The molecule has 1 heterocycles. The first kappa shape index (κ1) is 10.1. The molecule has 1 aliphatic rings. The Labute approximate surface area is 80.4 Å². The van der Waals surface area contributed by atoms with Crippen LogP contribution in [-0.2, 0) is 0 Å². The lowest BCUT2D eigenvalue weighted by atomic mass is 9.99. The molecule has 0 aromatic carbocycles. The molecule has 1 saturated heterocycles.